The van der Waals surface area contributed by atoms with Gasteiger partial charge in [0.15, 0.2) is 5.13 Å². The van der Waals surface area contributed by atoms with Crippen LogP contribution in [0.15, 0.2) is 0 Å². The number of primary amides is 1. The molecule has 19 heavy (non-hydrogen) atoms. The minimum absolute atomic E-state index is 0.110. The van der Waals surface area contributed by atoms with E-state index >= 15 is 0 Å². The highest BCUT2D eigenvalue weighted by molar-refractivity contribution is 7.18. The largest absolute Gasteiger partial charge is 0.382 e. The van der Waals surface area contributed by atoms with Gasteiger partial charge in [-0.2, -0.15) is 0 Å². The third-order valence-corrected chi connectivity index (χ3v) is 3.86. The lowest BCUT2D eigenvalue weighted by Gasteiger charge is -2.33. The molecule has 2 amide bonds. The van der Waals surface area contributed by atoms with Crippen molar-refractivity contribution in [3.8, 4) is 0 Å². The van der Waals surface area contributed by atoms with E-state index < -0.39 is 11.9 Å². The number of morpholine rings is 1. The van der Waals surface area contributed by atoms with Crippen LogP contribution in [0.3, 0.4) is 0 Å². The number of hydrogen-bond donors (Lipinski definition) is 3. The van der Waals surface area contributed by atoms with Crippen molar-refractivity contribution in [3.05, 3.63) is 4.88 Å². The van der Waals surface area contributed by atoms with E-state index in [1.807, 2.05) is 0 Å². The zero-order chi connectivity index (χ0) is 14.0. The Balaban J connectivity index is 2.25. The molecular formula is C10H15N5O3S. The number of ether oxygens (including phenoxy) is 1. The molecule has 0 bridgehead atoms. The summed E-state index contributed by atoms with van der Waals surface area (Å²) in [6.45, 7) is 0.782. The van der Waals surface area contributed by atoms with Crippen molar-refractivity contribution in [2.45, 2.75) is 6.04 Å². The minimum atomic E-state index is -0.763. The predicted octanol–water partition coefficient (Wildman–Crippen LogP) is -0.907. The molecule has 0 saturated carbocycles. The van der Waals surface area contributed by atoms with Gasteiger partial charge in [0.25, 0.3) is 5.91 Å². The van der Waals surface area contributed by atoms with Crippen LogP contribution in [-0.2, 0) is 9.53 Å². The molecule has 0 radical (unpaired) electrons. The maximum absolute atomic E-state index is 12.4. The second kappa shape index (κ2) is 5.41. The molecule has 1 atom stereocenters. The van der Waals surface area contributed by atoms with E-state index in [1.165, 1.54) is 4.90 Å². The van der Waals surface area contributed by atoms with Crippen LogP contribution in [-0.4, -0.2) is 54.5 Å². The molecule has 0 spiro atoms. The Bertz CT molecular complexity index is 503. The molecule has 8 nitrogen and oxygen atoms in total. The number of rotatable bonds is 3. The monoisotopic (exact) mass is 285 g/mol. The summed E-state index contributed by atoms with van der Waals surface area (Å²) >= 11 is 1.14. The molecule has 1 aromatic rings. The first-order chi connectivity index (χ1) is 9.04. The van der Waals surface area contributed by atoms with Gasteiger partial charge in [-0.1, -0.05) is 11.3 Å². The number of nitrogen functional groups attached to an aromatic ring is 1. The fourth-order valence-corrected chi connectivity index (χ4v) is 2.60. The number of anilines is 2. The summed E-state index contributed by atoms with van der Waals surface area (Å²) < 4.78 is 5.17. The summed E-state index contributed by atoms with van der Waals surface area (Å²) in [7, 11) is 1.69. The van der Waals surface area contributed by atoms with E-state index in [-0.39, 0.29) is 18.3 Å². The molecule has 1 fully saturated rings. The number of aromatic nitrogens is 1. The molecule has 1 aliphatic rings. The van der Waals surface area contributed by atoms with Gasteiger partial charge in [-0.25, -0.2) is 4.98 Å². The Morgan fingerprint density at radius 2 is 2.32 bits per heavy atom. The maximum Gasteiger partial charge on any atom is 0.268 e. The highest BCUT2D eigenvalue weighted by atomic mass is 32.1. The Kier molecular flexibility index (Phi) is 3.86. The summed E-state index contributed by atoms with van der Waals surface area (Å²) in [5.74, 6) is -0.789. The van der Waals surface area contributed by atoms with Crippen molar-refractivity contribution in [1.82, 2.24) is 9.88 Å². The molecule has 9 heteroatoms. The third kappa shape index (κ3) is 2.61. The van der Waals surface area contributed by atoms with Gasteiger partial charge in [0.2, 0.25) is 5.91 Å². The maximum atomic E-state index is 12.4. The van der Waals surface area contributed by atoms with E-state index in [0.717, 1.165) is 11.3 Å². The van der Waals surface area contributed by atoms with E-state index in [2.05, 4.69) is 10.3 Å². The molecule has 0 aliphatic carbocycles. The van der Waals surface area contributed by atoms with Crippen LogP contribution < -0.4 is 16.8 Å². The van der Waals surface area contributed by atoms with Gasteiger partial charge in [-0.05, 0) is 0 Å². The number of amides is 2. The Hall–Kier alpha value is -1.87. The van der Waals surface area contributed by atoms with Gasteiger partial charge in [-0.15, -0.1) is 0 Å². The van der Waals surface area contributed by atoms with Crippen molar-refractivity contribution in [2.75, 3.05) is 37.9 Å². The van der Waals surface area contributed by atoms with Crippen molar-refractivity contribution < 1.29 is 14.3 Å². The van der Waals surface area contributed by atoms with Crippen LogP contribution in [0, 0.1) is 0 Å². The summed E-state index contributed by atoms with van der Waals surface area (Å²) in [6.07, 6.45) is 0. The fraction of sp³-hybridized carbons (Fsp3) is 0.500. The predicted molar refractivity (Wildman–Crippen MR) is 70.9 cm³/mol. The summed E-state index contributed by atoms with van der Waals surface area (Å²) in [5, 5.41) is 3.37. The van der Waals surface area contributed by atoms with E-state index in [9.17, 15) is 9.59 Å². The number of nitrogens with two attached hydrogens (primary N) is 2. The van der Waals surface area contributed by atoms with Crippen LogP contribution in [0.4, 0.5) is 10.9 Å². The smallest absolute Gasteiger partial charge is 0.268 e. The second-order valence-electron chi connectivity index (χ2n) is 3.98. The molecule has 1 aliphatic heterocycles. The second-order valence-corrected chi connectivity index (χ2v) is 4.97. The first-order valence-corrected chi connectivity index (χ1v) is 6.48. The van der Waals surface area contributed by atoms with Crippen LogP contribution in [0.2, 0.25) is 0 Å². The molecule has 5 N–H and O–H groups in total. The number of hydrogen-bond acceptors (Lipinski definition) is 7. The van der Waals surface area contributed by atoms with E-state index in [1.54, 1.807) is 7.05 Å². The lowest BCUT2D eigenvalue weighted by molar-refractivity contribution is -0.127. The lowest BCUT2D eigenvalue weighted by Crippen LogP contribution is -2.54. The zero-order valence-electron chi connectivity index (χ0n) is 10.4. The van der Waals surface area contributed by atoms with Gasteiger partial charge in [0.05, 0.1) is 13.2 Å². The number of carbonyl (C=O) groups is 2. The Labute approximate surface area is 113 Å². The lowest BCUT2D eigenvalue weighted by atomic mass is 10.2. The minimum Gasteiger partial charge on any atom is -0.382 e. The van der Waals surface area contributed by atoms with Crippen LogP contribution in [0.25, 0.3) is 0 Å². The third-order valence-electron chi connectivity index (χ3n) is 2.78. The van der Waals surface area contributed by atoms with Crippen LogP contribution in [0.5, 0.6) is 0 Å². The van der Waals surface area contributed by atoms with E-state index in [4.69, 9.17) is 16.2 Å². The quantitative estimate of drug-likeness (QED) is 0.661. The summed E-state index contributed by atoms with van der Waals surface area (Å²) in [4.78, 5) is 29.4. The van der Waals surface area contributed by atoms with Crippen LogP contribution >= 0.6 is 11.3 Å². The van der Waals surface area contributed by atoms with Crippen LogP contribution in [0.1, 0.15) is 9.67 Å². The van der Waals surface area contributed by atoms with Gasteiger partial charge >= 0.3 is 0 Å². The zero-order valence-corrected chi connectivity index (χ0v) is 11.2. The highest BCUT2D eigenvalue weighted by Crippen LogP contribution is 2.27. The fourth-order valence-electron chi connectivity index (χ4n) is 1.81. The standard InChI is InChI=1S/C10H15N5O3S/c1-13-10-14-7(11)6(19-10)9(17)15-2-3-18-4-5(15)8(12)16/h5H,2-4,11H2,1H3,(H2,12,16)(H,13,14). The van der Waals surface area contributed by atoms with Crippen molar-refractivity contribution >= 4 is 34.1 Å². The van der Waals surface area contributed by atoms with Gasteiger partial charge in [-0.3, -0.25) is 9.59 Å². The number of nitrogens with zero attached hydrogens (tertiary/aromatic N) is 2. The highest BCUT2D eigenvalue weighted by Gasteiger charge is 2.33. The average Bonchev–Trinajstić information content (AvgIpc) is 2.79. The molecule has 1 saturated heterocycles. The van der Waals surface area contributed by atoms with Crippen molar-refractivity contribution in [2.24, 2.45) is 5.73 Å². The van der Waals surface area contributed by atoms with Crippen molar-refractivity contribution in [3.63, 3.8) is 0 Å². The Morgan fingerprint density at radius 1 is 1.58 bits per heavy atom. The van der Waals surface area contributed by atoms with E-state index in [0.29, 0.717) is 23.2 Å². The number of nitrogens with one attached hydrogen (secondary N) is 1. The average molecular weight is 285 g/mol. The number of thiazole rings is 1. The Morgan fingerprint density at radius 3 is 2.89 bits per heavy atom. The number of carbonyl (C=O) groups excluding carboxylic acids is 2. The normalized spacial score (nSPS) is 19.2. The van der Waals surface area contributed by atoms with Gasteiger partial charge in [0, 0.05) is 13.6 Å². The SMILES string of the molecule is CNc1nc(N)c(C(=O)N2CCOCC2C(N)=O)s1. The molecule has 0 aromatic carbocycles. The van der Waals surface area contributed by atoms with Gasteiger partial charge in [0.1, 0.15) is 16.7 Å². The van der Waals surface area contributed by atoms with Gasteiger partial charge < -0.3 is 26.4 Å². The molecule has 2 rings (SSSR count). The topological polar surface area (TPSA) is 124 Å². The summed E-state index contributed by atoms with van der Waals surface area (Å²) in [5.41, 5.74) is 11.0. The first-order valence-electron chi connectivity index (χ1n) is 5.66. The van der Waals surface area contributed by atoms with Crippen molar-refractivity contribution in [1.29, 1.82) is 0 Å². The molecular weight excluding hydrogens is 270 g/mol. The molecule has 2 heterocycles. The molecule has 1 aromatic heterocycles. The molecule has 104 valence electrons. The first kappa shape index (κ1) is 13.6. The summed E-state index contributed by atoms with van der Waals surface area (Å²) in [6, 6.07) is -0.763. The molecule has 1 unspecified atom stereocenters.